The molecule has 1 aliphatic carbocycles. The second-order valence-corrected chi connectivity index (χ2v) is 11.6. The maximum absolute atomic E-state index is 14.1. The molecule has 0 N–H and O–H groups in total. The van der Waals surface area contributed by atoms with Crippen molar-refractivity contribution in [3.63, 3.8) is 0 Å². The van der Waals surface area contributed by atoms with E-state index in [-0.39, 0.29) is 23.8 Å². The molecule has 3 aromatic carbocycles. The van der Waals surface area contributed by atoms with Gasteiger partial charge in [-0.1, -0.05) is 68.5 Å². The Balaban J connectivity index is 1.40. The molecule has 0 unspecified atom stereocenters. The third kappa shape index (κ3) is 8.43. The standard InChI is InChI=1S/C37H38F4N4O2/c1-3-43(4-2)22-23-44(24-27-8-13-28(14-9-27)29-15-17-30(18-16-29)37(39,40)41)35(46)25-45-33-7-5-6-32(33)36(47)42-34(45)21-12-26-10-19-31(38)20-11-26/h8-21H,3-7,22-25H2,1-2H3/b21-12+. The zero-order valence-corrected chi connectivity index (χ0v) is 26.6. The fraction of sp³-hybridized carbons (Fsp3) is 0.324. The van der Waals surface area contributed by atoms with E-state index in [1.54, 1.807) is 29.2 Å². The van der Waals surface area contributed by atoms with Gasteiger partial charge < -0.3 is 14.4 Å². The predicted octanol–water partition coefficient (Wildman–Crippen LogP) is 7.10. The number of hydrogen-bond acceptors (Lipinski definition) is 4. The molecule has 4 aromatic rings. The van der Waals surface area contributed by atoms with Crippen LogP contribution in [0.25, 0.3) is 23.3 Å². The van der Waals surface area contributed by atoms with Crippen LogP contribution in [0.2, 0.25) is 0 Å². The van der Waals surface area contributed by atoms with Gasteiger partial charge in [0.2, 0.25) is 5.91 Å². The van der Waals surface area contributed by atoms with Gasteiger partial charge in [-0.05, 0) is 84.9 Å². The van der Waals surface area contributed by atoms with E-state index < -0.39 is 11.7 Å². The highest BCUT2D eigenvalue weighted by Crippen LogP contribution is 2.31. The Hall–Kier alpha value is -4.57. The molecule has 0 bridgehead atoms. The molecule has 5 rings (SSSR count). The molecular weight excluding hydrogens is 608 g/mol. The van der Waals surface area contributed by atoms with Crippen LogP contribution in [0.3, 0.4) is 0 Å². The smallest absolute Gasteiger partial charge is 0.336 e. The number of halogens is 4. The molecule has 10 heteroatoms. The lowest BCUT2D eigenvalue weighted by Gasteiger charge is -2.28. The summed E-state index contributed by atoms with van der Waals surface area (Å²) >= 11 is 0. The third-order valence-corrected chi connectivity index (χ3v) is 8.66. The van der Waals surface area contributed by atoms with E-state index in [2.05, 4.69) is 23.7 Å². The predicted molar refractivity (Wildman–Crippen MR) is 176 cm³/mol. The van der Waals surface area contributed by atoms with Crippen molar-refractivity contribution in [2.45, 2.75) is 52.4 Å². The number of nitrogens with zero attached hydrogens (tertiary/aromatic N) is 4. The minimum atomic E-state index is -4.39. The highest BCUT2D eigenvalue weighted by molar-refractivity contribution is 5.77. The highest BCUT2D eigenvalue weighted by Gasteiger charge is 2.30. The average Bonchev–Trinajstić information content (AvgIpc) is 3.57. The average molecular weight is 647 g/mol. The normalized spacial score (nSPS) is 13.0. The number of likely N-dealkylation sites (N-methyl/N-ethyl adjacent to an activating group) is 1. The van der Waals surface area contributed by atoms with Crippen molar-refractivity contribution in [2.24, 2.45) is 0 Å². The first-order valence-corrected chi connectivity index (χ1v) is 15.9. The van der Waals surface area contributed by atoms with E-state index in [1.807, 2.05) is 28.8 Å². The number of benzene rings is 3. The van der Waals surface area contributed by atoms with Gasteiger partial charge in [-0.3, -0.25) is 9.59 Å². The Morgan fingerprint density at radius 1 is 0.872 bits per heavy atom. The van der Waals surface area contributed by atoms with Crippen molar-refractivity contribution in [1.82, 2.24) is 19.4 Å². The minimum Gasteiger partial charge on any atom is -0.336 e. The summed E-state index contributed by atoms with van der Waals surface area (Å²) in [4.78, 5) is 35.3. The largest absolute Gasteiger partial charge is 0.416 e. The van der Waals surface area contributed by atoms with E-state index in [0.717, 1.165) is 54.0 Å². The fourth-order valence-corrected chi connectivity index (χ4v) is 5.88. The molecular formula is C37H38F4N4O2. The van der Waals surface area contributed by atoms with Gasteiger partial charge in [-0.15, -0.1) is 0 Å². The van der Waals surface area contributed by atoms with Crippen LogP contribution < -0.4 is 5.56 Å². The first kappa shape index (κ1) is 33.8. The number of fused-ring (bicyclic) bond motifs is 1. The van der Waals surface area contributed by atoms with E-state index >= 15 is 0 Å². The summed E-state index contributed by atoms with van der Waals surface area (Å²) in [5, 5.41) is 0. The Bertz CT molecular complexity index is 1760. The van der Waals surface area contributed by atoms with Gasteiger partial charge in [0.15, 0.2) is 0 Å². The number of carbonyl (C=O) groups is 1. The van der Waals surface area contributed by atoms with Gasteiger partial charge in [-0.25, -0.2) is 4.39 Å². The Labute approximate surface area is 272 Å². The molecule has 0 aliphatic heterocycles. The summed E-state index contributed by atoms with van der Waals surface area (Å²) in [7, 11) is 0. The van der Waals surface area contributed by atoms with Crippen LogP contribution in [0.5, 0.6) is 0 Å². The van der Waals surface area contributed by atoms with Gasteiger partial charge in [0.25, 0.3) is 5.56 Å². The van der Waals surface area contributed by atoms with Crippen LogP contribution in [0.15, 0.2) is 77.6 Å². The lowest BCUT2D eigenvalue weighted by Crippen LogP contribution is -2.40. The van der Waals surface area contributed by atoms with Crippen LogP contribution in [0, 0.1) is 5.82 Å². The van der Waals surface area contributed by atoms with E-state index in [9.17, 15) is 27.2 Å². The first-order chi connectivity index (χ1) is 22.5. The zero-order chi connectivity index (χ0) is 33.6. The van der Waals surface area contributed by atoms with Crippen molar-refractivity contribution < 1.29 is 22.4 Å². The number of aromatic nitrogens is 2. The Kier molecular flexibility index (Phi) is 10.7. The van der Waals surface area contributed by atoms with Crippen LogP contribution in [-0.4, -0.2) is 51.4 Å². The van der Waals surface area contributed by atoms with Crippen molar-refractivity contribution in [1.29, 1.82) is 0 Å². The molecule has 47 heavy (non-hydrogen) atoms. The van der Waals surface area contributed by atoms with Gasteiger partial charge in [0, 0.05) is 30.9 Å². The lowest BCUT2D eigenvalue weighted by molar-refractivity contribution is -0.137. The number of carbonyl (C=O) groups excluding carboxylic acids is 1. The zero-order valence-electron chi connectivity index (χ0n) is 26.6. The van der Waals surface area contributed by atoms with Crippen molar-refractivity contribution in [3.8, 4) is 11.1 Å². The van der Waals surface area contributed by atoms with Crippen LogP contribution in [-0.2, 0) is 36.9 Å². The molecule has 0 saturated heterocycles. The second kappa shape index (κ2) is 14.9. The summed E-state index contributed by atoms with van der Waals surface area (Å²) < 4.78 is 54.3. The maximum Gasteiger partial charge on any atom is 0.416 e. The summed E-state index contributed by atoms with van der Waals surface area (Å²) in [6.07, 6.45) is 1.15. The van der Waals surface area contributed by atoms with Gasteiger partial charge in [0.1, 0.15) is 18.2 Å². The molecule has 1 heterocycles. The second-order valence-electron chi connectivity index (χ2n) is 11.6. The fourth-order valence-electron chi connectivity index (χ4n) is 5.88. The third-order valence-electron chi connectivity index (χ3n) is 8.66. The van der Waals surface area contributed by atoms with Crippen molar-refractivity contribution in [2.75, 3.05) is 26.2 Å². The molecule has 1 amide bonds. The summed E-state index contributed by atoms with van der Waals surface area (Å²) in [6.45, 7) is 7.34. The summed E-state index contributed by atoms with van der Waals surface area (Å²) in [5.41, 5.74) is 3.54. The lowest BCUT2D eigenvalue weighted by atomic mass is 10.0. The van der Waals surface area contributed by atoms with Crippen LogP contribution >= 0.6 is 0 Å². The Morgan fingerprint density at radius 2 is 1.51 bits per heavy atom. The van der Waals surface area contributed by atoms with E-state index in [1.165, 1.54) is 24.3 Å². The summed E-state index contributed by atoms with van der Waals surface area (Å²) in [5.74, 6) is -0.0998. The summed E-state index contributed by atoms with van der Waals surface area (Å²) in [6, 6.07) is 18.5. The number of alkyl halides is 3. The number of amides is 1. The first-order valence-electron chi connectivity index (χ1n) is 15.9. The maximum atomic E-state index is 14.1. The molecule has 0 fully saturated rings. The van der Waals surface area contributed by atoms with Gasteiger partial charge >= 0.3 is 6.18 Å². The number of hydrogen-bond donors (Lipinski definition) is 0. The van der Waals surface area contributed by atoms with Crippen molar-refractivity contribution >= 4 is 18.1 Å². The molecule has 0 atom stereocenters. The monoisotopic (exact) mass is 646 g/mol. The molecule has 0 saturated carbocycles. The van der Waals surface area contributed by atoms with E-state index in [4.69, 9.17) is 0 Å². The molecule has 246 valence electrons. The van der Waals surface area contributed by atoms with Crippen LogP contribution in [0.1, 0.15) is 54.0 Å². The quantitative estimate of drug-likeness (QED) is 0.154. The van der Waals surface area contributed by atoms with E-state index in [0.29, 0.717) is 49.4 Å². The van der Waals surface area contributed by atoms with Crippen LogP contribution in [0.4, 0.5) is 17.6 Å². The topological polar surface area (TPSA) is 58.4 Å². The molecule has 0 radical (unpaired) electrons. The molecule has 0 spiro atoms. The van der Waals surface area contributed by atoms with Gasteiger partial charge in [-0.2, -0.15) is 18.2 Å². The van der Waals surface area contributed by atoms with Crippen molar-refractivity contribution in [3.05, 3.63) is 123 Å². The highest BCUT2D eigenvalue weighted by atomic mass is 19.4. The molecule has 1 aromatic heterocycles. The molecule has 1 aliphatic rings. The van der Waals surface area contributed by atoms with Gasteiger partial charge in [0.05, 0.1) is 5.56 Å². The minimum absolute atomic E-state index is 0.000587. The molecule has 6 nitrogen and oxygen atoms in total. The SMILES string of the molecule is CCN(CC)CCN(Cc1ccc(-c2ccc(C(F)(F)F)cc2)cc1)C(=O)Cn1c(/C=C/c2ccc(F)cc2)nc(=O)c2c1CCC2. The Morgan fingerprint density at radius 3 is 2.13 bits per heavy atom. The number of rotatable bonds is 12.